The topological polar surface area (TPSA) is 119 Å². The molecule has 0 saturated carbocycles. The Morgan fingerprint density at radius 1 is 0.844 bits per heavy atom. The number of ether oxygens (including phenoxy) is 1. The lowest BCUT2D eigenvalue weighted by molar-refractivity contribution is 0.0303. The van der Waals surface area contributed by atoms with Crippen LogP contribution >= 0.6 is 0 Å². The third-order valence-corrected chi connectivity index (χ3v) is 9.02. The Bertz CT molecular complexity index is 1630. The highest BCUT2D eigenvalue weighted by Gasteiger charge is 2.25. The van der Waals surface area contributed by atoms with Gasteiger partial charge in [-0.05, 0) is 80.6 Å². The van der Waals surface area contributed by atoms with E-state index in [1.807, 2.05) is 47.4 Å². The number of amides is 2. The molecule has 0 bridgehead atoms. The van der Waals surface area contributed by atoms with Crippen LogP contribution in [0.1, 0.15) is 52.8 Å². The van der Waals surface area contributed by atoms with Gasteiger partial charge < -0.3 is 35.1 Å². The molecule has 2 amide bonds. The van der Waals surface area contributed by atoms with Crippen LogP contribution in [0.15, 0.2) is 60.9 Å². The van der Waals surface area contributed by atoms with Crippen LogP contribution in [-0.4, -0.2) is 90.2 Å². The van der Waals surface area contributed by atoms with Gasteiger partial charge in [-0.25, -0.2) is 9.97 Å². The van der Waals surface area contributed by atoms with Gasteiger partial charge in [0.25, 0.3) is 11.8 Å². The number of nitrogens with one attached hydrogen (secondary N) is 3. The Morgan fingerprint density at radius 2 is 1.58 bits per heavy atom. The van der Waals surface area contributed by atoms with Gasteiger partial charge in [-0.15, -0.1) is 0 Å². The van der Waals surface area contributed by atoms with Crippen molar-refractivity contribution in [2.45, 2.75) is 38.1 Å². The van der Waals surface area contributed by atoms with Crippen molar-refractivity contribution in [3.05, 3.63) is 72.1 Å². The average Bonchev–Trinajstić information content (AvgIpc) is 3.59. The highest BCUT2D eigenvalue weighted by molar-refractivity contribution is 5.96. The number of H-pyrrole nitrogens is 1. The number of piperidine rings is 2. The number of carbonyl (C=O) groups is 2. The molecule has 0 unspecified atom stereocenters. The van der Waals surface area contributed by atoms with Crippen LogP contribution in [0.4, 0.5) is 23.0 Å². The summed E-state index contributed by atoms with van der Waals surface area (Å²) >= 11 is 0. The molecule has 2 aromatic heterocycles. The number of hydrogen-bond donors (Lipinski definition) is 3. The molecule has 3 aliphatic rings. The molecule has 3 aliphatic heterocycles. The zero-order valence-corrected chi connectivity index (χ0v) is 25.5. The summed E-state index contributed by atoms with van der Waals surface area (Å²) in [5.41, 5.74) is 4.96. The van der Waals surface area contributed by atoms with Crippen molar-refractivity contribution in [2.75, 3.05) is 67.6 Å². The Hall–Kier alpha value is -4.64. The normalized spacial score (nSPS) is 19.0. The van der Waals surface area contributed by atoms with E-state index in [4.69, 9.17) is 9.72 Å². The zero-order valence-electron chi connectivity index (χ0n) is 25.5. The number of nitrogens with zero attached hydrogens (tertiary/aromatic N) is 5. The summed E-state index contributed by atoms with van der Waals surface area (Å²) in [6, 6.07) is 17.5. The molecule has 5 heterocycles. The Morgan fingerprint density at radius 3 is 2.36 bits per heavy atom. The second-order valence-electron chi connectivity index (χ2n) is 12.1. The van der Waals surface area contributed by atoms with Gasteiger partial charge in [0.05, 0.1) is 25.1 Å². The number of fused-ring (bicyclic) bond motifs is 1. The first kappa shape index (κ1) is 29.1. The molecular formula is C34H40N8O3. The highest BCUT2D eigenvalue weighted by Crippen LogP contribution is 2.29. The predicted molar refractivity (Wildman–Crippen MR) is 176 cm³/mol. The summed E-state index contributed by atoms with van der Waals surface area (Å²) in [6.07, 6.45) is 7.28. The summed E-state index contributed by atoms with van der Waals surface area (Å²) in [7, 11) is 0. The molecule has 3 fully saturated rings. The van der Waals surface area contributed by atoms with Crippen LogP contribution in [0, 0.1) is 0 Å². The molecule has 234 valence electrons. The van der Waals surface area contributed by atoms with E-state index in [2.05, 4.69) is 42.5 Å². The van der Waals surface area contributed by atoms with Gasteiger partial charge in [0.1, 0.15) is 11.3 Å². The van der Waals surface area contributed by atoms with Gasteiger partial charge in [-0.2, -0.15) is 0 Å². The fraction of sp³-hybridized carbons (Fsp3) is 0.412. The number of hydrogen-bond acceptors (Lipinski definition) is 8. The van der Waals surface area contributed by atoms with E-state index >= 15 is 0 Å². The third kappa shape index (κ3) is 6.58. The number of carbonyl (C=O) groups excluding carboxylic acids is 2. The molecule has 2 aromatic carbocycles. The number of rotatable bonds is 7. The van der Waals surface area contributed by atoms with Gasteiger partial charge in [0, 0.05) is 73.9 Å². The molecule has 0 spiro atoms. The maximum absolute atomic E-state index is 13.2. The Kier molecular flexibility index (Phi) is 8.50. The quantitative estimate of drug-likeness (QED) is 0.280. The maximum atomic E-state index is 13.2. The fourth-order valence-corrected chi connectivity index (χ4v) is 6.51. The largest absolute Gasteiger partial charge is 0.378 e. The molecule has 11 heteroatoms. The minimum atomic E-state index is -0.0399. The Balaban J connectivity index is 1.02. The van der Waals surface area contributed by atoms with E-state index in [-0.39, 0.29) is 17.9 Å². The SMILES string of the molecule is O=C(N[C@H]1CCCN(c2cc3[nH]cnc3c(Nc3ccc(C(=O)N4CCOCC4)cc3)n2)C1)c1ccc(N2CCCCC2)cc1. The number of aromatic nitrogens is 3. The van der Waals surface area contributed by atoms with Crippen LogP contribution in [0.2, 0.25) is 0 Å². The summed E-state index contributed by atoms with van der Waals surface area (Å²) in [5, 5.41) is 6.68. The van der Waals surface area contributed by atoms with Gasteiger partial charge in [0.15, 0.2) is 5.82 Å². The lowest BCUT2D eigenvalue weighted by Gasteiger charge is -2.34. The molecule has 4 aromatic rings. The van der Waals surface area contributed by atoms with Crippen LogP contribution < -0.4 is 20.4 Å². The number of aromatic amines is 1. The van der Waals surface area contributed by atoms with Crippen LogP contribution in [-0.2, 0) is 4.74 Å². The molecular weight excluding hydrogens is 568 g/mol. The number of benzene rings is 2. The van der Waals surface area contributed by atoms with Crippen molar-refractivity contribution >= 4 is 45.9 Å². The van der Waals surface area contributed by atoms with Gasteiger partial charge in [-0.1, -0.05) is 0 Å². The minimum Gasteiger partial charge on any atom is -0.378 e. The van der Waals surface area contributed by atoms with Crippen LogP contribution in [0.25, 0.3) is 11.0 Å². The van der Waals surface area contributed by atoms with Gasteiger partial charge in [-0.3, -0.25) is 9.59 Å². The van der Waals surface area contributed by atoms with Crippen LogP contribution in [0.3, 0.4) is 0 Å². The number of imidazole rings is 1. The van der Waals surface area contributed by atoms with Crippen molar-refractivity contribution in [1.82, 2.24) is 25.2 Å². The van der Waals surface area contributed by atoms with Crippen LogP contribution in [0.5, 0.6) is 0 Å². The average molecular weight is 609 g/mol. The standard InChI is InChI=1S/C34H40N8O3/c43-33(24-8-12-28(13-9-24)40-14-2-1-3-15-40)38-27-5-4-16-42(22-27)30-21-29-31(36-23-35-29)32(39-30)37-26-10-6-25(7-11-26)34(44)41-17-19-45-20-18-41/h6-13,21,23,27H,1-5,14-20,22H2,(H,35,36)(H,37,39)(H,38,43)/t27-/m0/s1. The zero-order chi connectivity index (χ0) is 30.6. The first-order valence-electron chi connectivity index (χ1n) is 16.1. The van der Waals surface area contributed by atoms with E-state index < -0.39 is 0 Å². The predicted octanol–water partition coefficient (Wildman–Crippen LogP) is 4.56. The van der Waals surface area contributed by atoms with E-state index in [1.165, 1.54) is 24.9 Å². The molecule has 3 saturated heterocycles. The monoisotopic (exact) mass is 608 g/mol. The number of anilines is 4. The van der Waals surface area contributed by atoms with Crippen molar-refractivity contribution in [3.63, 3.8) is 0 Å². The molecule has 11 nitrogen and oxygen atoms in total. The van der Waals surface area contributed by atoms with Crippen molar-refractivity contribution in [1.29, 1.82) is 0 Å². The lowest BCUT2D eigenvalue weighted by Crippen LogP contribution is -2.48. The number of morpholine rings is 1. The van der Waals surface area contributed by atoms with Crippen molar-refractivity contribution in [3.8, 4) is 0 Å². The minimum absolute atomic E-state index is 0.0141. The summed E-state index contributed by atoms with van der Waals surface area (Å²) in [4.78, 5) is 45.2. The summed E-state index contributed by atoms with van der Waals surface area (Å²) in [6.45, 7) is 6.06. The molecule has 1 atom stereocenters. The smallest absolute Gasteiger partial charge is 0.254 e. The summed E-state index contributed by atoms with van der Waals surface area (Å²) in [5.74, 6) is 1.43. The molecule has 3 N–H and O–H groups in total. The third-order valence-electron chi connectivity index (χ3n) is 9.02. The van der Waals surface area contributed by atoms with Gasteiger partial charge in [0.2, 0.25) is 0 Å². The first-order chi connectivity index (χ1) is 22.1. The van der Waals surface area contributed by atoms with E-state index in [1.54, 1.807) is 6.33 Å². The second-order valence-corrected chi connectivity index (χ2v) is 12.1. The molecule has 0 radical (unpaired) electrons. The maximum Gasteiger partial charge on any atom is 0.254 e. The lowest BCUT2D eigenvalue weighted by atomic mass is 10.0. The van der Waals surface area contributed by atoms with Crippen molar-refractivity contribution in [2.24, 2.45) is 0 Å². The molecule has 7 rings (SSSR count). The summed E-state index contributed by atoms with van der Waals surface area (Å²) < 4.78 is 5.37. The molecule has 0 aliphatic carbocycles. The first-order valence-corrected chi connectivity index (χ1v) is 16.1. The van der Waals surface area contributed by atoms with Crippen molar-refractivity contribution < 1.29 is 14.3 Å². The van der Waals surface area contributed by atoms with E-state index in [0.717, 1.165) is 55.0 Å². The number of pyridine rings is 1. The second kappa shape index (κ2) is 13.2. The molecule has 45 heavy (non-hydrogen) atoms. The van der Waals surface area contributed by atoms with E-state index in [9.17, 15) is 9.59 Å². The Labute approximate surface area is 263 Å². The fourth-order valence-electron chi connectivity index (χ4n) is 6.51. The highest BCUT2D eigenvalue weighted by atomic mass is 16.5. The van der Waals surface area contributed by atoms with Gasteiger partial charge >= 0.3 is 0 Å². The van der Waals surface area contributed by atoms with E-state index in [0.29, 0.717) is 49.8 Å².